The molecule has 0 bridgehead atoms. The molecule has 0 aromatic heterocycles. The van der Waals surface area contributed by atoms with Crippen LogP contribution in [0.4, 0.5) is 0 Å². The molecule has 0 saturated carbocycles. The second-order valence-electron chi connectivity index (χ2n) is 18.0. The minimum Gasteiger partial charge on any atom is -0.294 e. The van der Waals surface area contributed by atoms with Crippen molar-refractivity contribution >= 4 is 11.6 Å². The third-order valence-corrected chi connectivity index (χ3v) is 8.38. The van der Waals surface area contributed by atoms with Crippen molar-refractivity contribution < 1.29 is 9.59 Å². The Morgan fingerprint density at radius 3 is 0.766 bits per heavy atom. The van der Waals surface area contributed by atoms with Crippen LogP contribution in [0.1, 0.15) is 231 Å². The molecule has 0 unspecified atom stereocenters. The smallest absolute Gasteiger partial charge is 0.163 e. The molecule has 0 heterocycles. The van der Waals surface area contributed by atoms with Crippen LogP contribution < -0.4 is 0 Å². The van der Waals surface area contributed by atoms with E-state index in [0.29, 0.717) is 18.0 Å². The lowest BCUT2D eigenvalue weighted by Gasteiger charge is -2.13. The van der Waals surface area contributed by atoms with Crippen LogP contribution in [-0.4, -0.2) is 11.6 Å². The average Bonchev–Trinajstić information content (AvgIpc) is 3.93. The molecule has 8 rings (SSSR count). The summed E-state index contributed by atoms with van der Waals surface area (Å²) in [5, 5.41) is 0. The highest BCUT2D eigenvalue weighted by atomic mass is 16.1. The van der Waals surface area contributed by atoms with E-state index in [1.54, 1.807) is 22.3 Å². The topological polar surface area (TPSA) is 34.1 Å². The van der Waals surface area contributed by atoms with Gasteiger partial charge in [0.15, 0.2) is 11.6 Å². The van der Waals surface area contributed by atoms with E-state index in [2.05, 4.69) is 132 Å². The van der Waals surface area contributed by atoms with Gasteiger partial charge in [0, 0.05) is 24.0 Å². The largest absolute Gasteiger partial charge is 0.294 e. The zero-order valence-electron chi connectivity index (χ0n) is 45.8. The standard InChI is InChI=1S/C10H10O.C10H12.C9H8O.C9H10.4C4H10.4C2H6/c11-10-7-3-5-8-4-1-2-6-9(8)10;1-2-6-10-8-4-3-7-9(10)5-1;10-9-6-5-7-3-1-2-4-8(7)9;1-2-5-9-7-3-6-8(9)4-1;4*1-4(2)3;4*1-2/h1-2,4,6H,3,5,7H2;1-2,5-6H,3-4,7-8H2;1-4H,5-6H2;1-2,4-5H,3,6-7H2;4*4H,1-3H3;4*1-2H3. The van der Waals surface area contributed by atoms with Crippen molar-refractivity contribution in [1.29, 1.82) is 0 Å². The van der Waals surface area contributed by atoms with Crippen molar-refractivity contribution in [2.75, 3.05) is 0 Å². The average molecular weight is 882 g/mol. The molecule has 4 aromatic carbocycles. The molecular weight excluding hydrogens is 777 g/mol. The fourth-order valence-electron chi connectivity index (χ4n) is 6.17. The number of fused-ring (bicyclic) bond motifs is 4. The van der Waals surface area contributed by atoms with Crippen LogP contribution in [0.5, 0.6) is 0 Å². The zero-order chi connectivity index (χ0) is 49.9. The minimum atomic E-state index is 0.301. The fraction of sp³-hybridized carbons (Fsp3) is 0.581. The predicted molar refractivity (Wildman–Crippen MR) is 292 cm³/mol. The highest BCUT2D eigenvalue weighted by Gasteiger charge is 2.17. The van der Waals surface area contributed by atoms with Crippen molar-refractivity contribution in [3.8, 4) is 0 Å². The number of hydrogen-bond donors (Lipinski definition) is 0. The van der Waals surface area contributed by atoms with E-state index >= 15 is 0 Å². The molecule has 0 atom stereocenters. The Balaban J connectivity index is -0.000000324. The van der Waals surface area contributed by atoms with Gasteiger partial charge in [0.1, 0.15) is 0 Å². The summed E-state index contributed by atoms with van der Waals surface area (Å²) in [5.41, 5.74) is 10.6. The molecule has 0 radical (unpaired) electrons. The second kappa shape index (κ2) is 45.8. The maximum absolute atomic E-state index is 11.3. The molecule has 0 saturated heterocycles. The van der Waals surface area contributed by atoms with E-state index in [0.717, 1.165) is 60.5 Å². The first-order chi connectivity index (χ1) is 30.6. The van der Waals surface area contributed by atoms with Crippen LogP contribution in [-0.2, 0) is 38.5 Å². The van der Waals surface area contributed by atoms with Crippen LogP contribution in [0, 0.1) is 23.7 Å². The van der Waals surface area contributed by atoms with Gasteiger partial charge in [-0.3, -0.25) is 9.59 Å². The van der Waals surface area contributed by atoms with Gasteiger partial charge in [-0.1, -0.05) is 236 Å². The normalized spacial score (nSPS) is 12.6. The zero-order valence-corrected chi connectivity index (χ0v) is 45.8. The minimum absolute atomic E-state index is 0.301. The van der Waals surface area contributed by atoms with Gasteiger partial charge in [-0.15, -0.1) is 0 Å². The summed E-state index contributed by atoms with van der Waals surface area (Å²) < 4.78 is 0. The number of ketones is 2. The van der Waals surface area contributed by atoms with Crippen LogP contribution in [0.25, 0.3) is 0 Å². The van der Waals surface area contributed by atoms with Crippen molar-refractivity contribution in [2.45, 2.75) is 216 Å². The first kappa shape index (κ1) is 66.8. The van der Waals surface area contributed by atoms with Gasteiger partial charge in [-0.05, 0) is 121 Å². The predicted octanol–water partition coefficient (Wildman–Crippen LogP) is 19.5. The summed E-state index contributed by atoms with van der Waals surface area (Å²) in [6.07, 6.45) is 13.8. The molecule has 0 fully saturated rings. The number of Topliss-reactive ketones (excluding diaryl/α,β-unsaturated/α-hetero) is 2. The molecule has 64 heavy (non-hydrogen) atoms. The van der Waals surface area contributed by atoms with E-state index in [1.807, 2.05) is 104 Å². The highest BCUT2D eigenvalue weighted by Crippen LogP contribution is 2.22. The van der Waals surface area contributed by atoms with Gasteiger partial charge in [0.05, 0.1) is 0 Å². The van der Waals surface area contributed by atoms with Gasteiger partial charge in [0.25, 0.3) is 0 Å². The van der Waals surface area contributed by atoms with Crippen molar-refractivity contribution in [3.05, 3.63) is 142 Å². The number of hydrogen-bond acceptors (Lipinski definition) is 2. The van der Waals surface area contributed by atoms with Gasteiger partial charge < -0.3 is 0 Å². The van der Waals surface area contributed by atoms with E-state index < -0.39 is 0 Å². The molecule has 4 aliphatic rings. The number of carbonyl (C=O) groups is 2. The monoisotopic (exact) mass is 881 g/mol. The third kappa shape index (κ3) is 36.5. The Morgan fingerprint density at radius 1 is 0.266 bits per heavy atom. The van der Waals surface area contributed by atoms with E-state index in [4.69, 9.17) is 0 Å². The van der Waals surface area contributed by atoms with Gasteiger partial charge in [-0.25, -0.2) is 0 Å². The molecule has 0 aliphatic heterocycles. The third-order valence-electron chi connectivity index (χ3n) is 8.38. The van der Waals surface area contributed by atoms with Gasteiger partial charge in [-0.2, -0.15) is 0 Å². The lowest BCUT2D eigenvalue weighted by molar-refractivity contribution is 0.0970. The Bertz CT molecular complexity index is 1560. The molecule has 0 N–H and O–H groups in total. The van der Waals surface area contributed by atoms with E-state index in [-0.39, 0.29) is 0 Å². The molecule has 364 valence electrons. The van der Waals surface area contributed by atoms with Crippen LogP contribution in [0.3, 0.4) is 0 Å². The maximum atomic E-state index is 11.3. The molecule has 0 amide bonds. The Hall–Kier alpha value is -3.78. The molecule has 2 heteroatoms. The van der Waals surface area contributed by atoms with Gasteiger partial charge >= 0.3 is 0 Å². The van der Waals surface area contributed by atoms with Crippen molar-refractivity contribution in [1.82, 2.24) is 0 Å². The Kier molecular flexibility index (Phi) is 47.8. The molecule has 2 nitrogen and oxygen atoms in total. The summed E-state index contributed by atoms with van der Waals surface area (Å²) in [5.74, 6) is 3.95. The quantitative estimate of drug-likeness (QED) is 0.176. The summed E-state index contributed by atoms with van der Waals surface area (Å²) in [6.45, 7) is 42.0. The molecule has 4 aliphatic carbocycles. The summed E-state index contributed by atoms with van der Waals surface area (Å²) in [4.78, 5) is 22.4. The van der Waals surface area contributed by atoms with Crippen molar-refractivity contribution in [2.24, 2.45) is 23.7 Å². The number of carbonyl (C=O) groups excluding carboxylic acids is 2. The van der Waals surface area contributed by atoms with Crippen LogP contribution >= 0.6 is 0 Å². The van der Waals surface area contributed by atoms with E-state index in [9.17, 15) is 9.59 Å². The number of aryl methyl sites for hydroxylation is 6. The summed E-state index contributed by atoms with van der Waals surface area (Å²) in [7, 11) is 0. The lowest BCUT2D eigenvalue weighted by Crippen LogP contribution is -2.09. The molecular formula is C62H104O2. The first-order valence-electron chi connectivity index (χ1n) is 26.0. The van der Waals surface area contributed by atoms with E-state index in [1.165, 1.54) is 56.1 Å². The first-order valence-corrected chi connectivity index (χ1v) is 26.0. The molecule has 0 spiro atoms. The highest BCUT2D eigenvalue weighted by molar-refractivity contribution is 6.00. The summed E-state index contributed by atoms with van der Waals surface area (Å²) in [6, 6.07) is 33.3. The Morgan fingerprint density at radius 2 is 0.469 bits per heavy atom. The molecule has 4 aromatic rings. The fourth-order valence-corrected chi connectivity index (χ4v) is 6.17. The van der Waals surface area contributed by atoms with Crippen LogP contribution in [0.15, 0.2) is 97.1 Å². The summed E-state index contributed by atoms with van der Waals surface area (Å²) >= 11 is 0. The lowest BCUT2D eigenvalue weighted by atomic mass is 9.91. The second-order valence-corrected chi connectivity index (χ2v) is 18.0. The Labute approximate surface area is 400 Å². The number of benzene rings is 4. The van der Waals surface area contributed by atoms with Crippen LogP contribution in [0.2, 0.25) is 0 Å². The van der Waals surface area contributed by atoms with Crippen molar-refractivity contribution in [3.63, 3.8) is 0 Å². The SMILES string of the molecule is CC.CC.CC.CC.CC(C)C.CC(C)C.CC(C)C.CC(C)C.O=C1CCCc2ccccc21.O=C1CCc2ccccc21.c1ccc2c(c1)CCC2.c1ccc2c(c1)CCCC2. The maximum Gasteiger partial charge on any atom is 0.163 e. The van der Waals surface area contributed by atoms with Gasteiger partial charge in [0.2, 0.25) is 0 Å². The number of rotatable bonds is 0.